The summed E-state index contributed by atoms with van der Waals surface area (Å²) in [6.07, 6.45) is 4.44. The zero-order valence-electron chi connectivity index (χ0n) is 22.1. The van der Waals surface area contributed by atoms with Crippen LogP contribution in [0.1, 0.15) is 28.8 Å². The molecule has 4 aromatic rings. The maximum Gasteiger partial charge on any atom is 0.301 e. The number of H-pyrrole nitrogens is 1. The van der Waals surface area contributed by atoms with Crippen molar-refractivity contribution in [1.82, 2.24) is 19.6 Å². The molecule has 0 bridgehead atoms. The van der Waals surface area contributed by atoms with Crippen LogP contribution in [0.15, 0.2) is 54.9 Å². The lowest BCUT2D eigenvalue weighted by atomic mass is 9.74. The fraction of sp³-hybridized carbons (Fsp3) is 0.310. The van der Waals surface area contributed by atoms with E-state index in [9.17, 15) is 17.6 Å². The molecule has 12 heteroatoms. The van der Waals surface area contributed by atoms with Crippen LogP contribution >= 0.6 is 0 Å². The van der Waals surface area contributed by atoms with Gasteiger partial charge in [0.15, 0.2) is 5.82 Å². The van der Waals surface area contributed by atoms with Gasteiger partial charge in [0.25, 0.3) is 0 Å². The molecule has 0 amide bonds. The Morgan fingerprint density at radius 2 is 1.73 bits per heavy atom. The lowest BCUT2D eigenvalue weighted by Crippen LogP contribution is -2.71. The number of nitrogens with one attached hydrogen (secondary N) is 3. The van der Waals surface area contributed by atoms with Gasteiger partial charge in [-0.3, -0.25) is 9.52 Å². The smallest absolute Gasteiger partial charge is 0.301 e. The van der Waals surface area contributed by atoms with Crippen molar-refractivity contribution in [3.05, 3.63) is 77.6 Å². The van der Waals surface area contributed by atoms with Crippen LogP contribution in [-0.2, 0) is 10.2 Å². The largest absolute Gasteiger partial charge is 0.370 e. The summed E-state index contributed by atoms with van der Waals surface area (Å²) in [5.74, 6) is -3.27. The van der Waals surface area contributed by atoms with E-state index < -0.39 is 38.9 Å². The number of carbonyl (C=O) groups is 1. The van der Waals surface area contributed by atoms with Crippen molar-refractivity contribution >= 4 is 38.4 Å². The van der Waals surface area contributed by atoms with Crippen molar-refractivity contribution in [2.75, 3.05) is 48.9 Å². The van der Waals surface area contributed by atoms with E-state index in [4.69, 9.17) is 0 Å². The normalized spacial score (nSPS) is 18.4. The van der Waals surface area contributed by atoms with Gasteiger partial charge in [0.1, 0.15) is 11.5 Å². The summed E-state index contributed by atoms with van der Waals surface area (Å²) < 4.78 is 59.1. The van der Waals surface area contributed by atoms with Crippen LogP contribution < -0.4 is 14.9 Å². The number of aromatic amines is 1. The highest BCUT2D eigenvalue weighted by Crippen LogP contribution is 2.38. The Kier molecular flexibility index (Phi) is 6.10. The van der Waals surface area contributed by atoms with Gasteiger partial charge in [-0.2, -0.15) is 12.7 Å². The Balaban J connectivity index is 1.17. The van der Waals surface area contributed by atoms with Crippen molar-refractivity contribution in [2.45, 2.75) is 12.8 Å². The molecule has 3 fully saturated rings. The van der Waals surface area contributed by atoms with Crippen molar-refractivity contribution in [2.24, 2.45) is 5.41 Å². The van der Waals surface area contributed by atoms with Crippen LogP contribution in [0.4, 0.5) is 20.2 Å². The van der Waals surface area contributed by atoms with E-state index in [0.717, 1.165) is 55.1 Å². The number of halogens is 2. The van der Waals surface area contributed by atoms with E-state index >= 15 is 4.39 Å². The van der Waals surface area contributed by atoms with Crippen molar-refractivity contribution < 1.29 is 22.0 Å². The molecule has 2 aromatic carbocycles. The molecule has 9 nitrogen and oxygen atoms in total. The van der Waals surface area contributed by atoms with E-state index in [0.29, 0.717) is 42.4 Å². The highest BCUT2D eigenvalue weighted by atomic mass is 32.2. The van der Waals surface area contributed by atoms with E-state index in [1.54, 1.807) is 12.3 Å². The zero-order valence-corrected chi connectivity index (χ0v) is 22.9. The molecule has 1 spiro atoms. The molecule has 0 unspecified atom stereocenters. The maximum absolute atomic E-state index is 15.5. The third kappa shape index (κ3) is 4.46. The monoisotopic (exact) mass is 578 g/mol. The second kappa shape index (κ2) is 9.61. The molecule has 2 aromatic heterocycles. The average Bonchev–Trinajstić information content (AvgIpc) is 3.60. The fourth-order valence-corrected chi connectivity index (χ4v) is 7.27. The van der Waals surface area contributed by atoms with Gasteiger partial charge in [0.2, 0.25) is 5.78 Å². The summed E-state index contributed by atoms with van der Waals surface area (Å²) in [7, 11) is -4.04. The van der Waals surface area contributed by atoms with Gasteiger partial charge in [-0.15, -0.1) is 0 Å². The minimum absolute atomic E-state index is 0.0308. The van der Waals surface area contributed by atoms with Gasteiger partial charge in [-0.1, -0.05) is 12.1 Å². The summed E-state index contributed by atoms with van der Waals surface area (Å²) in [5, 5.41) is 3.74. The lowest BCUT2D eigenvalue weighted by molar-refractivity contribution is 0.103. The SMILES string of the molecule is O=C(c1c(F)ccc(NS(=O)(=O)N2CCCC2)c1F)c1c[nH]c2ncc(-c3ccc(N4CC5(CNC5)C4)cc3)cc12. The first kappa shape index (κ1) is 26.1. The molecule has 3 aliphatic rings. The van der Waals surface area contributed by atoms with E-state index in [-0.39, 0.29) is 5.56 Å². The molecular weight excluding hydrogens is 550 g/mol. The summed E-state index contributed by atoms with van der Waals surface area (Å²) in [6, 6.07) is 11.7. The van der Waals surface area contributed by atoms with Crippen molar-refractivity contribution in [1.29, 1.82) is 0 Å². The lowest BCUT2D eigenvalue weighted by Gasteiger charge is -2.57. The second-order valence-electron chi connectivity index (χ2n) is 11.2. The molecule has 0 atom stereocenters. The zero-order chi connectivity index (χ0) is 28.4. The van der Waals surface area contributed by atoms with Gasteiger partial charge in [0, 0.05) is 79.3 Å². The second-order valence-corrected chi connectivity index (χ2v) is 12.8. The highest BCUT2D eigenvalue weighted by molar-refractivity contribution is 7.90. The van der Waals surface area contributed by atoms with E-state index in [1.165, 1.54) is 10.5 Å². The highest BCUT2D eigenvalue weighted by Gasteiger charge is 2.47. The van der Waals surface area contributed by atoms with Crippen LogP contribution in [0.25, 0.3) is 22.2 Å². The van der Waals surface area contributed by atoms with Crippen LogP contribution in [0.2, 0.25) is 0 Å². The Hall–Kier alpha value is -3.87. The molecular formula is C29H28F2N6O3S. The third-order valence-corrected chi connectivity index (χ3v) is 9.88. The molecule has 41 heavy (non-hydrogen) atoms. The number of nitrogens with zero attached hydrogens (tertiary/aromatic N) is 3. The van der Waals surface area contributed by atoms with Crippen LogP contribution in [-0.4, -0.2) is 67.7 Å². The summed E-state index contributed by atoms with van der Waals surface area (Å²) in [4.78, 5) is 23.2. The number of benzene rings is 2. The molecule has 3 saturated heterocycles. The van der Waals surface area contributed by atoms with Gasteiger partial charge < -0.3 is 15.2 Å². The first-order valence-electron chi connectivity index (χ1n) is 13.6. The topological polar surface area (TPSA) is 110 Å². The number of rotatable bonds is 7. The predicted molar refractivity (Wildman–Crippen MR) is 152 cm³/mol. The number of fused-ring (bicyclic) bond motifs is 1. The third-order valence-electron chi connectivity index (χ3n) is 8.36. The van der Waals surface area contributed by atoms with Crippen molar-refractivity contribution in [3.63, 3.8) is 0 Å². The predicted octanol–water partition coefficient (Wildman–Crippen LogP) is 3.90. The van der Waals surface area contributed by atoms with Gasteiger partial charge in [-0.25, -0.2) is 13.8 Å². The molecule has 212 valence electrons. The maximum atomic E-state index is 15.5. The molecule has 5 heterocycles. The van der Waals surface area contributed by atoms with Gasteiger partial charge in [-0.05, 0) is 48.7 Å². The molecule has 3 N–H and O–H groups in total. The quantitative estimate of drug-likeness (QED) is 0.287. The number of hydrogen-bond acceptors (Lipinski definition) is 6. The first-order chi connectivity index (χ1) is 19.7. The Bertz CT molecular complexity index is 1770. The van der Waals surface area contributed by atoms with Gasteiger partial charge >= 0.3 is 10.2 Å². The van der Waals surface area contributed by atoms with E-state index in [2.05, 4.69) is 37.0 Å². The van der Waals surface area contributed by atoms with Crippen molar-refractivity contribution in [3.8, 4) is 11.1 Å². The Morgan fingerprint density at radius 1 is 1.00 bits per heavy atom. The number of pyridine rings is 1. The van der Waals surface area contributed by atoms with Gasteiger partial charge in [0.05, 0.1) is 11.3 Å². The summed E-state index contributed by atoms with van der Waals surface area (Å²) >= 11 is 0. The number of anilines is 2. The average molecular weight is 579 g/mol. The molecule has 0 radical (unpaired) electrons. The molecule has 3 aliphatic heterocycles. The Morgan fingerprint density at radius 3 is 2.41 bits per heavy atom. The number of carbonyl (C=O) groups excluding carboxylic acids is 1. The molecule has 0 aliphatic carbocycles. The first-order valence-corrected chi connectivity index (χ1v) is 15.0. The standard InChI is InChI=1S/C29H28F2N6O3S/c30-23-7-8-24(35-41(39,40)37-9-1-2-10-37)26(31)25(23)27(38)22-13-34-28-21(22)11-19(12-33-28)18-3-5-20(6-4-18)36-16-29(17-36)14-32-15-29/h3-8,11-13,32,35H,1-2,9-10,14-17H2,(H,33,34). The number of ketones is 1. The van der Waals surface area contributed by atoms with Crippen LogP contribution in [0, 0.1) is 17.0 Å². The Labute approximate surface area is 235 Å². The summed E-state index contributed by atoms with van der Waals surface area (Å²) in [5.41, 5.74) is 2.29. The fourth-order valence-electron chi connectivity index (χ4n) is 5.97. The molecule has 7 rings (SSSR count). The van der Waals surface area contributed by atoms with Crippen LogP contribution in [0.5, 0.6) is 0 Å². The van der Waals surface area contributed by atoms with E-state index in [1.807, 2.05) is 12.1 Å². The number of hydrogen-bond donors (Lipinski definition) is 3. The van der Waals surface area contributed by atoms with Crippen LogP contribution in [0.3, 0.4) is 0 Å². The summed E-state index contributed by atoms with van der Waals surface area (Å²) in [6.45, 7) is 4.84. The molecule has 0 saturated carbocycles. The minimum atomic E-state index is -4.04. The number of aromatic nitrogens is 2. The minimum Gasteiger partial charge on any atom is -0.370 e.